The minimum absolute atomic E-state index is 0.167. The van der Waals surface area contributed by atoms with E-state index in [4.69, 9.17) is 5.11 Å². The zero-order valence-electron chi connectivity index (χ0n) is 11.7. The fraction of sp³-hybridized carbons (Fsp3) is 0.250. The van der Waals surface area contributed by atoms with Gasteiger partial charge >= 0.3 is 0 Å². The SMILES string of the molecule is CN(CCO)c1ccc(CNNc2ccccc2)cc1. The first-order valence-electron chi connectivity index (χ1n) is 6.74. The van der Waals surface area contributed by atoms with Crippen LogP contribution in [-0.4, -0.2) is 25.3 Å². The second-order valence-electron chi connectivity index (χ2n) is 4.66. The molecule has 20 heavy (non-hydrogen) atoms. The minimum atomic E-state index is 0.167. The van der Waals surface area contributed by atoms with Gasteiger partial charge in [0.2, 0.25) is 0 Å². The highest BCUT2D eigenvalue weighted by Gasteiger charge is 1.99. The van der Waals surface area contributed by atoms with Crippen molar-refractivity contribution >= 4 is 11.4 Å². The number of hydrogen-bond donors (Lipinski definition) is 3. The van der Waals surface area contributed by atoms with Crippen LogP contribution in [0.2, 0.25) is 0 Å². The maximum absolute atomic E-state index is 8.92. The Morgan fingerprint density at radius 2 is 1.70 bits per heavy atom. The fourth-order valence-electron chi connectivity index (χ4n) is 1.92. The number of benzene rings is 2. The molecule has 0 spiro atoms. The van der Waals surface area contributed by atoms with Crippen molar-refractivity contribution in [3.8, 4) is 0 Å². The monoisotopic (exact) mass is 271 g/mol. The summed E-state index contributed by atoms with van der Waals surface area (Å²) in [5.41, 5.74) is 9.71. The summed E-state index contributed by atoms with van der Waals surface area (Å²) < 4.78 is 0. The third kappa shape index (κ3) is 4.26. The highest BCUT2D eigenvalue weighted by Crippen LogP contribution is 2.13. The average Bonchev–Trinajstić information content (AvgIpc) is 2.49. The first kappa shape index (κ1) is 14.4. The first-order chi connectivity index (χ1) is 9.79. The number of aliphatic hydroxyl groups is 1. The molecule has 0 fully saturated rings. The molecule has 3 N–H and O–H groups in total. The van der Waals surface area contributed by atoms with Crippen LogP contribution in [0.4, 0.5) is 11.4 Å². The summed E-state index contributed by atoms with van der Waals surface area (Å²) in [6.45, 7) is 1.56. The number of nitrogens with zero attached hydrogens (tertiary/aromatic N) is 1. The highest BCUT2D eigenvalue weighted by molar-refractivity contribution is 5.47. The van der Waals surface area contributed by atoms with Gasteiger partial charge in [-0.05, 0) is 29.8 Å². The predicted octanol–water partition coefficient (Wildman–Crippen LogP) is 2.23. The third-order valence-electron chi connectivity index (χ3n) is 3.11. The van der Waals surface area contributed by atoms with Gasteiger partial charge in [0.25, 0.3) is 0 Å². The largest absolute Gasteiger partial charge is 0.395 e. The van der Waals surface area contributed by atoms with E-state index in [1.54, 1.807) is 0 Å². The molecule has 0 saturated carbocycles. The number of anilines is 2. The maximum atomic E-state index is 8.92. The van der Waals surface area contributed by atoms with E-state index in [1.165, 1.54) is 5.56 Å². The number of para-hydroxylation sites is 1. The minimum Gasteiger partial charge on any atom is -0.395 e. The van der Waals surface area contributed by atoms with E-state index < -0.39 is 0 Å². The van der Waals surface area contributed by atoms with E-state index in [0.29, 0.717) is 6.54 Å². The molecule has 2 rings (SSSR count). The fourth-order valence-corrected chi connectivity index (χ4v) is 1.92. The molecule has 4 heteroatoms. The summed E-state index contributed by atoms with van der Waals surface area (Å²) in [4.78, 5) is 2.03. The summed E-state index contributed by atoms with van der Waals surface area (Å²) in [5, 5.41) is 8.92. The molecular formula is C16H21N3O. The number of hydrazine groups is 1. The normalized spacial score (nSPS) is 10.3. The molecule has 4 nitrogen and oxygen atoms in total. The van der Waals surface area contributed by atoms with E-state index >= 15 is 0 Å². The number of nitrogens with one attached hydrogen (secondary N) is 2. The highest BCUT2D eigenvalue weighted by atomic mass is 16.3. The molecule has 0 unspecified atom stereocenters. The van der Waals surface area contributed by atoms with Crippen molar-refractivity contribution in [2.75, 3.05) is 30.5 Å². The molecule has 0 radical (unpaired) electrons. The Morgan fingerprint density at radius 1 is 1.00 bits per heavy atom. The molecule has 0 aliphatic carbocycles. The molecule has 0 bridgehead atoms. The van der Waals surface area contributed by atoms with Crippen molar-refractivity contribution in [1.82, 2.24) is 5.43 Å². The van der Waals surface area contributed by atoms with Crippen LogP contribution in [0.25, 0.3) is 0 Å². The lowest BCUT2D eigenvalue weighted by Gasteiger charge is -2.18. The van der Waals surface area contributed by atoms with Gasteiger partial charge in [-0.2, -0.15) is 0 Å². The topological polar surface area (TPSA) is 47.5 Å². The summed E-state index contributed by atoms with van der Waals surface area (Å²) in [6, 6.07) is 18.3. The molecule has 0 heterocycles. The quantitative estimate of drug-likeness (QED) is 0.676. The number of hydrogen-bond acceptors (Lipinski definition) is 4. The lowest BCUT2D eigenvalue weighted by atomic mass is 10.2. The van der Waals surface area contributed by atoms with Crippen LogP contribution in [0.15, 0.2) is 54.6 Å². The van der Waals surface area contributed by atoms with E-state index in [1.807, 2.05) is 42.3 Å². The molecule has 0 atom stereocenters. The first-order valence-corrected chi connectivity index (χ1v) is 6.74. The lowest BCUT2D eigenvalue weighted by Crippen LogP contribution is -2.22. The standard InChI is InChI=1S/C16H21N3O/c1-19(11-12-20)16-9-7-14(8-10-16)13-17-18-15-5-3-2-4-6-15/h2-10,17-18,20H,11-13H2,1H3. The molecule has 0 saturated heterocycles. The molecule has 0 aromatic heterocycles. The summed E-state index contributed by atoms with van der Waals surface area (Å²) in [5.74, 6) is 0. The van der Waals surface area contributed by atoms with Crippen molar-refractivity contribution in [2.24, 2.45) is 0 Å². The Labute approximate surface area is 120 Å². The molecule has 0 aliphatic heterocycles. The smallest absolute Gasteiger partial charge is 0.0606 e. The van der Waals surface area contributed by atoms with Gasteiger partial charge in [0.05, 0.1) is 6.61 Å². The molecule has 2 aromatic carbocycles. The van der Waals surface area contributed by atoms with Gasteiger partial charge in [0.15, 0.2) is 0 Å². The zero-order chi connectivity index (χ0) is 14.2. The van der Waals surface area contributed by atoms with Gasteiger partial charge < -0.3 is 15.4 Å². The van der Waals surface area contributed by atoms with Gasteiger partial charge in [0.1, 0.15) is 0 Å². The van der Waals surface area contributed by atoms with Crippen molar-refractivity contribution in [3.05, 3.63) is 60.2 Å². The van der Waals surface area contributed by atoms with Crippen molar-refractivity contribution in [2.45, 2.75) is 6.54 Å². The Kier molecular flexibility index (Phi) is 5.41. The second-order valence-corrected chi connectivity index (χ2v) is 4.66. The number of likely N-dealkylation sites (N-methyl/N-ethyl adjacent to an activating group) is 1. The van der Waals surface area contributed by atoms with Crippen molar-refractivity contribution in [1.29, 1.82) is 0 Å². The van der Waals surface area contributed by atoms with Gasteiger partial charge in [-0.1, -0.05) is 30.3 Å². The van der Waals surface area contributed by atoms with E-state index in [-0.39, 0.29) is 6.61 Å². The molecule has 2 aromatic rings. The van der Waals surface area contributed by atoms with Crippen molar-refractivity contribution in [3.63, 3.8) is 0 Å². The summed E-state index contributed by atoms with van der Waals surface area (Å²) >= 11 is 0. The second kappa shape index (κ2) is 7.53. The Morgan fingerprint density at radius 3 is 2.35 bits per heavy atom. The molecular weight excluding hydrogens is 250 g/mol. The van der Waals surface area contributed by atoms with Gasteiger partial charge in [-0.3, -0.25) is 0 Å². The Hall–Kier alpha value is -2.04. The van der Waals surface area contributed by atoms with Crippen LogP contribution < -0.4 is 15.8 Å². The Balaban J connectivity index is 1.82. The van der Waals surface area contributed by atoms with E-state index in [0.717, 1.165) is 17.9 Å². The van der Waals surface area contributed by atoms with Crippen LogP contribution in [0.5, 0.6) is 0 Å². The van der Waals surface area contributed by atoms with Gasteiger partial charge in [-0.25, -0.2) is 5.43 Å². The average molecular weight is 271 g/mol. The molecule has 0 amide bonds. The lowest BCUT2D eigenvalue weighted by molar-refractivity contribution is 0.304. The van der Waals surface area contributed by atoms with Crippen LogP contribution in [-0.2, 0) is 6.54 Å². The van der Waals surface area contributed by atoms with Crippen LogP contribution in [0, 0.1) is 0 Å². The van der Waals surface area contributed by atoms with Crippen LogP contribution in [0.1, 0.15) is 5.56 Å². The number of rotatable bonds is 7. The van der Waals surface area contributed by atoms with Gasteiger partial charge in [0, 0.05) is 31.5 Å². The van der Waals surface area contributed by atoms with E-state index in [2.05, 4.69) is 35.1 Å². The summed E-state index contributed by atoms with van der Waals surface area (Å²) in [7, 11) is 1.97. The maximum Gasteiger partial charge on any atom is 0.0606 e. The van der Waals surface area contributed by atoms with Gasteiger partial charge in [-0.15, -0.1) is 0 Å². The predicted molar refractivity (Wildman–Crippen MR) is 83.7 cm³/mol. The zero-order valence-corrected chi connectivity index (χ0v) is 11.7. The molecule has 106 valence electrons. The van der Waals surface area contributed by atoms with Crippen LogP contribution in [0.3, 0.4) is 0 Å². The van der Waals surface area contributed by atoms with Crippen molar-refractivity contribution < 1.29 is 5.11 Å². The summed E-state index contributed by atoms with van der Waals surface area (Å²) in [6.07, 6.45) is 0. The Bertz CT molecular complexity index is 499. The van der Waals surface area contributed by atoms with Crippen LogP contribution >= 0.6 is 0 Å². The third-order valence-corrected chi connectivity index (χ3v) is 3.11. The van der Waals surface area contributed by atoms with E-state index in [9.17, 15) is 0 Å². The molecule has 0 aliphatic rings. The number of aliphatic hydroxyl groups excluding tert-OH is 1.